The topological polar surface area (TPSA) is 42.6 Å². The zero-order valence-electron chi connectivity index (χ0n) is 16.1. The third-order valence-electron chi connectivity index (χ3n) is 6.01. The fourth-order valence-electron chi connectivity index (χ4n) is 4.48. The highest BCUT2D eigenvalue weighted by molar-refractivity contribution is 5.78. The van der Waals surface area contributed by atoms with Gasteiger partial charge in [-0.2, -0.15) is 5.10 Å². The monoisotopic (exact) mass is 347 g/mol. The summed E-state index contributed by atoms with van der Waals surface area (Å²) >= 11 is 0. The predicted octanol–water partition coefficient (Wildman–Crippen LogP) is 1.71. The van der Waals surface area contributed by atoms with Crippen molar-refractivity contribution in [3.8, 4) is 0 Å². The highest BCUT2D eigenvalue weighted by Gasteiger charge is 2.27. The second kappa shape index (κ2) is 8.84. The number of carbonyl (C=O) groups is 1. The second-order valence-electron chi connectivity index (χ2n) is 8.06. The molecule has 1 aromatic heterocycles. The van der Waals surface area contributed by atoms with Crippen molar-refractivity contribution in [1.82, 2.24) is 14.7 Å². The summed E-state index contributed by atoms with van der Waals surface area (Å²) in [5, 5.41) is 4.46. The molecule has 1 saturated carbocycles. The average Bonchev–Trinajstić information content (AvgIpc) is 3.11. The maximum absolute atomic E-state index is 13.3. The molecule has 3 rings (SSSR count). The van der Waals surface area contributed by atoms with Gasteiger partial charge in [-0.3, -0.25) is 9.48 Å². The molecule has 1 N–H and O–H groups in total. The van der Waals surface area contributed by atoms with E-state index in [1.165, 1.54) is 51.6 Å². The molecule has 2 heterocycles. The summed E-state index contributed by atoms with van der Waals surface area (Å²) in [7, 11) is 1.99. The molecule has 0 unspecified atom stereocenters. The quantitative estimate of drug-likeness (QED) is 0.796. The third-order valence-corrected chi connectivity index (χ3v) is 6.01. The molecule has 5 heteroatoms. The van der Waals surface area contributed by atoms with Crippen LogP contribution in [0.2, 0.25) is 0 Å². The van der Waals surface area contributed by atoms with E-state index in [1.54, 1.807) is 4.90 Å². The largest absolute Gasteiger partial charge is 0.333 e. The van der Waals surface area contributed by atoms with E-state index in [9.17, 15) is 4.79 Å². The van der Waals surface area contributed by atoms with Crippen molar-refractivity contribution in [2.45, 2.75) is 64.8 Å². The molecule has 1 aliphatic heterocycles. The van der Waals surface area contributed by atoms with Gasteiger partial charge in [0.05, 0.1) is 44.1 Å². The Balaban J connectivity index is 1.67. The fraction of sp³-hybridized carbons (Fsp3) is 0.800. The lowest BCUT2D eigenvalue weighted by Crippen LogP contribution is -3.10. The lowest BCUT2D eigenvalue weighted by atomic mass is 9.98. The van der Waals surface area contributed by atoms with Gasteiger partial charge in [0.1, 0.15) is 0 Å². The van der Waals surface area contributed by atoms with Crippen LogP contribution < -0.4 is 4.90 Å². The highest BCUT2D eigenvalue weighted by Crippen LogP contribution is 2.25. The first-order valence-corrected chi connectivity index (χ1v) is 10.3. The number of hydrogen-bond donors (Lipinski definition) is 1. The smallest absolute Gasteiger partial charge is 0.226 e. The molecule has 140 valence electrons. The van der Waals surface area contributed by atoms with Crippen molar-refractivity contribution >= 4 is 5.91 Å². The summed E-state index contributed by atoms with van der Waals surface area (Å²) < 4.78 is 1.94. The standard InChI is InChI=1S/C20H34N4O/c1-17-15-19(22(2)21-17)16-24(14-13-23-11-7-8-12-23)20(25)18-9-5-3-4-6-10-18/h15,18H,3-14,16H2,1-2H3/p+1. The number of rotatable bonds is 6. The molecule has 1 aromatic rings. The second-order valence-corrected chi connectivity index (χ2v) is 8.06. The van der Waals surface area contributed by atoms with Gasteiger partial charge in [0.25, 0.3) is 0 Å². The van der Waals surface area contributed by atoms with Crippen LogP contribution in [0.4, 0.5) is 0 Å². The van der Waals surface area contributed by atoms with E-state index in [4.69, 9.17) is 0 Å². The minimum atomic E-state index is 0.241. The van der Waals surface area contributed by atoms with Crippen molar-refractivity contribution < 1.29 is 9.69 Å². The molecule has 1 amide bonds. The van der Waals surface area contributed by atoms with Gasteiger partial charge < -0.3 is 9.80 Å². The lowest BCUT2D eigenvalue weighted by Gasteiger charge is -2.28. The average molecular weight is 348 g/mol. The van der Waals surface area contributed by atoms with Crippen LogP contribution in [0, 0.1) is 12.8 Å². The Morgan fingerprint density at radius 2 is 1.88 bits per heavy atom. The molecule has 25 heavy (non-hydrogen) atoms. The molecule has 1 aliphatic carbocycles. The number of amides is 1. The first-order valence-electron chi connectivity index (χ1n) is 10.3. The molecule has 0 aromatic carbocycles. The number of nitrogens with zero attached hydrogens (tertiary/aromatic N) is 3. The van der Waals surface area contributed by atoms with Crippen LogP contribution in [0.25, 0.3) is 0 Å². The first-order chi connectivity index (χ1) is 12.1. The maximum Gasteiger partial charge on any atom is 0.226 e. The van der Waals surface area contributed by atoms with Crippen molar-refractivity contribution in [1.29, 1.82) is 0 Å². The molecule has 2 aliphatic rings. The molecule has 0 atom stereocenters. The zero-order chi connectivity index (χ0) is 17.6. The summed E-state index contributed by atoms with van der Waals surface area (Å²) in [6.07, 6.45) is 9.86. The fourth-order valence-corrected chi connectivity index (χ4v) is 4.48. The van der Waals surface area contributed by atoms with Crippen LogP contribution in [-0.4, -0.2) is 46.8 Å². The molecular weight excluding hydrogens is 312 g/mol. The van der Waals surface area contributed by atoms with Crippen molar-refractivity contribution in [3.05, 3.63) is 17.5 Å². The number of quaternary nitrogens is 1. The van der Waals surface area contributed by atoms with E-state index in [0.717, 1.165) is 37.3 Å². The molecule has 5 nitrogen and oxygen atoms in total. The number of hydrogen-bond acceptors (Lipinski definition) is 2. The van der Waals surface area contributed by atoms with Gasteiger partial charge in [-0.15, -0.1) is 0 Å². The summed E-state index contributed by atoms with van der Waals surface area (Å²) in [6.45, 7) is 7.26. The molecule has 2 fully saturated rings. The lowest BCUT2D eigenvalue weighted by molar-refractivity contribution is -0.886. The van der Waals surface area contributed by atoms with Gasteiger partial charge in [-0.05, 0) is 25.8 Å². The predicted molar refractivity (Wildman–Crippen MR) is 99.4 cm³/mol. The molecule has 1 saturated heterocycles. The number of nitrogens with one attached hydrogen (secondary N) is 1. The number of carbonyl (C=O) groups excluding carboxylic acids is 1. The Morgan fingerprint density at radius 1 is 1.20 bits per heavy atom. The van der Waals surface area contributed by atoms with E-state index >= 15 is 0 Å². The van der Waals surface area contributed by atoms with Gasteiger partial charge in [-0.25, -0.2) is 0 Å². The summed E-state index contributed by atoms with van der Waals surface area (Å²) in [4.78, 5) is 17.1. The maximum atomic E-state index is 13.3. The van der Waals surface area contributed by atoms with Crippen molar-refractivity contribution in [3.63, 3.8) is 0 Å². The molecule has 0 spiro atoms. The normalized spacial score (nSPS) is 19.9. The van der Waals surface area contributed by atoms with E-state index in [-0.39, 0.29) is 5.92 Å². The van der Waals surface area contributed by atoms with Crippen LogP contribution in [0.15, 0.2) is 6.07 Å². The van der Waals surface area contributed by atoms with E-state index in [2.05, 4.69) is 16.1 Å². The Hall–Kier alpha value is -1.36. The number of likely N-dealkylation sites (tertiary alicyclic amines) is 1. The number of aryl methyl sites for hydroxylation is 2. The molecule has 0 bridgehead atoms. The van der Waals surface area contributed by atoms with E-state index < -0.39 is 0 Å². The van der Waals surface area contributed by atoms with Gasteiger partial charge in [0, 0.05) is 25.8 Å². The first kappa shape index (κ1) is 18.4. The van der Waals surface area contributed by atoms with Gasteiger partial charge in [0.2, 0.25) is 5.91 Å². The van der Waals surface area contributed by atoms with Gasteiger partial charge >= 0.3 is 0 Å². The minimum Gasteiger partial charge on any atom is -0.333 e. The SMILES string of the molecule is Cc1cc(CN(CC[NH+]2CCCC2)C(=O)C2CCCCCC2)n(C)n1. The van der Waals surface area contributed by atoms with Crippen molar-refractivity contribution in [2.75, 3.05) is 26.2 Å². The minimum absolute atomic E-state index is 0.241. The summed E-state index contributed by atoms with van der Waals surface area (Å²) in [5.41, 5.74) is 2.18. The Bertz CT molecular complexity index is 554. The number of aromatic nitrogens is 2. The Labute approximate surface area is 152 Å². The Morgan fingerprint density at radius 3 is 2.48 bits per heavy atom. The molecule has 0 radical (unpaired) electrons. The van der Waals surface area contributed by atoms with E-state index in [0.29, 0.717) is 12.5 Å². The highest BCUT2D eigenvalue weighted by atomic mass is 16.2. The van der Waals surface area contributed by atoms with Gasteiger partial charge in [0.15, 0.2) is 0 Å². The van der Waals surface area contributed by atoms with Gasteiger partial charge in [-0.1, -0.05) is 25.7 Å². The molecular formula is C20H35N4O+. The van der Waals surface area contributed by atoms with Crippen LogP contribution in [0.3, 0.4) is 0 Å². The van der Waals surface area contributed by atoms with Crippen LogP contribution in [0.1, 0.15) is 62.8 Å². The Kier molecular flexibility index (Phi) is 6.51. The van der Waals surface area contributed by atoms with E-state index in [1.807, 2.05) is 18.7 Å². The zero-order valence-corrected chi connectivity index (χ0v) is 16.1. The van der Waals surface area contributed by atoms with Crippen LogP contribution >= 0.6 is 0 Å². The summed E-state index contributed by atoms with van der Waals surface area (Å²) in [6, 6.07) is 2.12. The van der Waals surface area contributed by atoms with Crippen LogP contribution in [-0.2, 0) is 18.4 Å². The summed E-state index contributed by atoms with van der Waals surface area (Å²) in [5.74, 6) is 0.629. The van der Waals surface area contributed by atoms with Crippen molar-refractivity contribution in [2.24, 2.45) is 13.0 Å². The van der Waals surface area contributed by atoms with Crippen LogP contribution in [0.5, 0.6) is 0 Å². The third kappa shape index (κ3) is 5.06.